The van der Waals surface area contributed by atoms with Crippen LogP contribution in [0.2, 0.25) is 0 Å². The van der Waals surface area contributed by atoms with Gasteiger partial charge in [0.15, 0.2) is 0 Å². The van der Waals surface area contributed by atoms with Crippen molar-refractivity contribution >= 4 is 5.82 Å². The molecule has 90 valence electrons. The number of aromatic nitrogens is 1. The molecule has 0 saturated carbocycles. The predicted molar refractivity (Wildman–Crippen MR) is 66.3 cm³/mol. The third kappa shape index (κ3) is 4.98. The number of hydrogen-bond donors (Lipinski definition) is 2. The number of ether oxygens (including phenoxy) is 1. The number of rotatable bonds is 8. The van der Waals surface area contributed by atoms with Gasteiger partial charge in [-0.05, 0) is 12.5 Å². The molecule has 4 heteroatoms. The van der Waals surface area contributed by atoms with Gasteiger partial charge in [0.05, 0.1) is 6.61 Å². The monoisotopic (exact) mass is 223 g/mol. The topological polar surface area (TPSA) is 60.2 Å². The van der Waals surface area contributed by atoms with Crippen LogP contribution in [0.4, 0.5) is 5.82 Å². The summed E-state index contributed by atoms with van der Waals surface area (Å²) in [6, 6.07) is 3.64. The van der Waals surface area contributed by atoms with Gasteiger partial charge in [-0.1, -0.05) is 32.6 Å². The summed E-state index contributed by atoms with van der Waals surface area (Å²) in [7, 11) is 0. The van der Waals surface area contributed by atoms with E-state index in [2.05, 4.69) is 17.3 Å². The Morgan fingerprint density at radius 1 is 1.31 bits per heavy atom. The van der Waals surface area contributed by atoms with Gasteiger partial charge in [-0.3, -0.25) is 0 Å². The number of nitrogens with one attached hydrogen (secondary N) is 1. The number of nitrogen functional groups attached to an aromatic ring is 1. The van der Waals surface area contributed by atoms with Crippen molar-refractivity contribution in [3.05, 3.63) is 18.3 Å². The van der Waals surface area contributed by atoms with Gasteiger partial charge in [-0.15, -0.1) is 0 Å². The van der Waals surface area contributed by atoms with E-state index in [0.29, 0.717) is 5.82 Å². The van der Waals surface area contributed by atoms with Crippen LogP contribution in [0.25, 0.3) is 0 Å². The highest BCUT2D eigenvalue weighted by Crippen LogP contribution is 2.14. The van der Waals surface area contributed by atoms with E-state index >= 15 is 0 Å². The first-order chi connectivity index (χ1) is 7.86. The van der Waals surface area contributed by atoms with Crippen LogP contribution < -0.4 is 16.0 Å². The van der Waals surface area contributed by atoms with E-state index in [9.17, 15) is 0 Å². The molecular formula is C12H21N3O. The van der Waals surface area contributed by atoms with Gasteiger partial charge >= 0.3 is 0 Å². The molecule has 1 aromatic heterocycles. The number of nitrogens with zero attached hydrogens (tertiary/aromatic N) is 1. The van der Waals surface area contributed by atoms with Crippen LogP contribution in [0.5, 0.6) is 5.75 Å². The normalized spacial score (nSPS) is 10.1. The van der Waals surface area contributed by atoms with Gasteiger partial charge in [0.1, 0.15) is 11.6 Å². The van der Waals surface area contributed by atoms with Crippen molar-refractivity contribution in [2.45, 2.75) is 39.0 Å². The molecule has 16 heavy (non-hydrogen) atoms. The van der Waals surface area contributed by atoms with Gasteiger partial charge in [0.2, 0.25) is 0 Å². The van der Waals surface area contributed by atoms with E-state index in [1.807, 2.05) is 6.07 Å². The first-order valence-corrected chi connectivity index (χ1v) is 5.92. The summed E-state index contributed by atoms with van der Waals surface area (Å²) in [6.07, 6.45) is 7.91. The fraction of sp³-hybridized carbons (Fsp3) is 0.583. The second-order valence-electron chi connectivity index (χ2n) is 3.78. The Bertz CT molecular complexity index is 291. The molecule has 4 nitrogen and oxygen atoms in total. The fourth-order valence-electron chi connectivity index (χ4n) is 1.48. The zero-order valence-corrected chi connectivity index (χ0v) is 9.91. The third-order valence-corrected chi connectivity index (χ3v) is 2.40. The minimum Gasteiger partial charge on any atom is -0.493 e. The Balaban J connectivity index is 2.16. The molecule has 1 rings (SSSR count). The Labute approximate surface area is 97.2 Å². The molecule has 0 saturated heterocycles. The maximum atomic E-state index is 5.59. The molecular weight excluding hydrogens is 202 g/mol. The van der Waals surface area contributed by atoms with Crippen LogP contribution in [-0.2, 0) is 0 Å². The second kappa shape index (κ2) is 7.93. The molecule has 0 spiro atoms. The lowest BCUT2D eigenvalue weighted by Crippen LogP contribution is -2.08. The predicted octanol–water partition coefficient (Wildman–Crippen LogP) is 2.72. The molecule has 0 bridgehead atoms. The van der Waals surface area contributed by atoms with Crippen LogP contribution in [0, 0.1) is 0 Å². The van der Waals surface area contributed by atoms with Gasteiger partial charge in [0, 0.05) is 12.3 Å². The molecule has 0 aromatic carbocycles. The Kier molecular flexibility index (Phi) is 6.33. The standard InChI is InChI=1S/C12H21N3O/c1-2-3-4-5-6-9-16-11-7-8-14-12(10-11)15-13/h7-8,10H,2-6,9,13H2,1H3,(H,14,15). The quantitative estimate of drug-likeness (QED) is 0.404. The van der Waals surface area contributed by atoms with Crippen molar-refractivity contribution in [3.8, 4) is 5.75 Å². The zero-order valence-electron chi connectivity index (χ0n) is 9.91. The van der Waals surface area contributed by atoms with Gasteiger partial charge in [0.25, 0.3) is 0 Å². The Morgan fingerprint density at radius 3 is 2.88 bits per heavy atom. The first kappa shape index (κ1) is 12.8. The molecule has 0 amide bonds. The molecule has 0 radical (unpaired) electrons. The highest BCUT2D eigenvalue weighted by atomic mass is 16.5. The lowest BCUT2D eigenvalue weighted by molar-refractivity contribution is 0.304. The van der Waals surface area contributed by atoms with Crippen LogP contribution >= 0.6 is 0 Å². The lowest BCUT2D eigenvalue weighted by atomic mass is 10.2. The minimum absolute atomic E-state index is 0.628. The summed E-state index contributed by atoms with van der Waals surface area (Å²) < 4.78 is 5.59. The largest absolute Gasteiger partial charge is 0.493 e. The van der Waals surface area contributed by atoms with Gasteiger partial charge < -0.3 is 10.2 Å². The number of nitrogens with two attached hydrogens (primary N) is 1. The molecule has 0 fully saturated rings. The summed E-state index contributed by atoms with van der Waals surface area (Å²) >= 11 is 0. The van der Waals surface area contributed by atoms with Crippen molar-refractivity contribution < 1.29 is 4.74 Å². The molecule has 1 heterocycles. The van der Waals surface area contributed by atoms with E-state index < -0.39 is 0 Å². The molecule has 0 unspecified atom stereocenters. The lowest BCUT2D eigenvalue weighted by Gasteiger charge is -2.07. The number of hydrazine groups is 1. The van der Waals surface area contributed by atoms with Crippen molar-refractivity contribution in [1.29, 1.82) is 0 Å². The summed E-state index contributed by atoms with van der Waals surface area (Å²) in [5, 5.41) is 0. The van der Waals surface area contributed by atoms with Crippen molar-refractivity contribution in [1.82, 2.24) is 4.98 Å². The molecule has 0 aliphatic rings. The highest BCUT2D eigenvalue weighted by Gasteiger charge is 1.96. The van der Waals surface area contributed by atoms with E-state index in [1.165, 1.54) is 25.7 Å². The fourth-order valence-corrected chi connectivity index (χ4v) is 1.48. The van der Waals surface area contributed by atoms with Crippen LogP contribution in [0.3, 0.4) is 0 Å². The summed E-state index contributed by atoms with van der Waals surface area (Å²) in [6.45, 7) is 2.98. The Morgan fingerprint density at radius 2 is 2.12 bits per heavy atom. The van der Waals surface area contributed by atoms with Crippen LogP contribution in [-0.4, -0.2) is 11.6 Å². The SMILES string of the molecule is CCCCCCCOc1ccnc(NN)c1. The summed E-state index contributed by atoms with van der Waals surface area (Å²) in [4.78, 5) is 4.01. The van der Waals surface area contributed by atoms with Crippen LogP contribution in [0.1, 0.15) is 39.0 Å². The smallest absolute Gasteiger partial charge is 0.143 e. The maximum Gasteiger partial charge on any atom is 0.143 e. The van der Waals surface area contributed by atoms with E-state index in [0.717, 1.165) is 18.8 Å². The number of pyridine rings is 1. The van der Waals surface area contributed by atoms with E-state index in [4.69, 9.17) is 10.6 Å². The maximum absolute atomic E-state index is 5.59. The van der Waals surface area contributed by atoms with Crippen molar-refractivity contribution in [3.63, 3.8) is 0 Å². The molecule has 1 aromatic rings. The van der Waals surface area contributed by atoms with Gasteiger partial charge in [-0.2, -0.15) is 0 Å². The zero-order chi connectivity index (χ0) is 11.6. The third-order valence-electron chi connectivity index (χ3n) is 2.40. The van der Waals surface area contributed by atoms with Gasteiger partial charge in [-0.25, -0.2) is 10.8 Å². The molecule has 0 atom stereocenters. The van der Waals surface area contributed by atoms with Crippen molar-refractivity contribution in [2.24, 2.45) is 5.84 Å². The average Bonchev–Trinajstić information content (AvgIpc) is 2.34. The second-order valence-corrected chi connectivity index (χ2v) is 3.78. The first-order valence-electron chi connectivity index (χ1n) is 5.92. The number of hydrogen-bond acceptors (Lipinski definition) is 4. The number of anilines is 1. The van der Waals surface area contributed by atoms with Crippen molar-refractivity contribution in [2.75, 3.05) is 12.0 Å². The summed E-state index contributed by atoms with van der Waals surface area (Å²) in [5.41, 5.74) is 2.49. The highest BCUT2D eigenvalue weighted by molar-refractivity contribution is 5.39. The van der Waals surface area contributed by atoms with E-state index in [1.54, 1.807) is 12.3 Å². The molecule has 3 N–H and O–H groups in total. The molecule has 0 aliphatic heterocycles. The number of unbranched alkanes of at least 4 members (excludes halogenated alkanes) is 4. The molecule has 0 aliphatic carbocycles. The summed E-state index contributed by atoms with van der Waals surface area (Å²) in [5.74, 6) is 6.71. The minimum atomic E-state index is 0.628. The van der Waals surface area contributed by atoms with Crippen LogP contribution in [0.15, 0.2) is 18.3 Å². The average molecular weight is 223 g/mol. The Hall–Kier alpha value is -1.29. The van der Waals surface area contributed by atoms with E-state index in [-0.39, 0.29) is 0 Å².